The van der Waals surface area contributed by atoms with Crippen molar-refractivity contribution in [3.8, 4) is 0 Å². The smallest absolute Gasteiger partial charge is 0.255 e. The number of amides is 1. The fraction of sp³-hybridized carbons (Fsp3) is 0.125. The van der Waals surface area contributed by atoms with Gasteiger partial charge in [-0.3, -0.25) is 4.79 Å². The molecule has 0 aliphatic rings. The van der Waals surface area contributed by atoms with Gasteiger partial charge in [0, 0.05) is 16.1 Å². The van der Waals surface area contributed by atoms with E-state index in [-0.39, 0.29) is 5.91 Å². The van der Waals surface area contributed by atoms with Crippen molar-refractivity contribution in [3.63, 3.8) is 0 Å². The number of thioether (sulfide) groups is 1. The van der Waals surface area contributed by atoms with E-state index in [4.69, 9.17) is 5.21 Å². The number of hydrogen-bond acceptors (Lipinski definition) is 4. The summed E-state index contributed by atoms with van der Waals surface area (Å²) in [7, 11) is 0. The fourth-order valence-electron chi connectivity index (χ4n) is 1.80. The van der Waals surface area contributed by atoms with E-state index in [0.717, 1.165) is 10.5 Å². The fourth-order valence-corrected chi connectivity index (χ4v) is 2.21. The van der Waals surface area contributed by atoms with Gasteiger partial charge >= 0.3 is 0 Å². The number of carbonyl (C=O) groups is 1. The van der Waals surface area contributed by atoms with Gasteiger partial charge in [-0.25, -0.2) is 0 Å². The van der Waals surface area contributed by atoms with Crippen LogP contribution in [-0.2, 0) is 0 Å². The number of oxime groups is 1. The number of nitrogens with one attached hydrogen (secondary N) is 1. The largest absolute Gasteiger partial charge is 0.411 e. The van der Waals surface area contributed by atoms with Crippen LogP contribution in [0.2, 0.25) is 0 Å². The van der Waals surface area contributed by atoms with Crippen LogP contribution in [-0.4, -0.2) is 23.1 Å². The lowest BCUT2D eigenvalue weighted by molar-refractivity contribution is 0.102. The summed E-state index contributed by atoms with van der Waals surface area (Å²) in [4.78, 5) is 13.2. The minimum Gasteiger partial charge on any atom is -0.411 e. The number of nitrogens with zero attached hydrogens (tertiary/aromatic N) is 1. The average molecular weight is 300 g/mol. The van der Waals surface area contributed by atoms with Crippen LogP contribution >= 0.6 is 11.8 Å². The third-order valence-electron chi connectivity index (χ3n) is 3.06. The van der Waals surface area contributed by atoms with Gasteiger partial charge in [0.1, 0.15) is 0 Å². The quantitative estimate of drug-likeness (QED) is 0.390. The number of carbonyl (C=O) groups excluding carboxylic acids is 1. The summed E-state index contributed by atoms with van der Waals surface area (Å²) in [5, 5.41) is 14.7. The van der Waals surface area contributed by atoms with E-state index in [9.17, 15) is 4.79 Å². The molecule has 0 aromatic heterocycles. The highest BCUT2D eigenvalue weighted by Crippen LogP contribution is 2.16. The highest BCUT2D eigenvalue weighted by atomic mass is 32.2. The Kier molecular flexibility index (Phi) is 5.00. The van der Waals surface area contributed by atoms with Crippen molar-refractivity contribution in [3.05, 3.63) is 59.7 Å². The zero-order chi connectivity index (χ0) is 15.2. The highest BCUT2D eigenvalue weighted by molar-refractivity contribution is 7.98. The zero-order valence-corrected chi connectivity index (χ0v) is 12.6. The Hall–Kier alpha value is -2.27. The molecule has 4 nitrogen and oxygen atoms in total. The normalized spacial score (nSPS) is 11.2. The molecule has 21 heavy (non-hydrogen) atoms. The zero-order valence-electron chi connectivity index (χ0n) is 11.8. The van der Waals surface area contributed by atoms with Crippen molar-refractivity contribution < 1.29 is 10.0 Å². The lowest BCUT2D eigenvalue weighted by atomic mass is 10.1. The van der Waals surface area contributed by atoms with Gasteiger partial charge in [0.15, 0.2) is 0 Å². The van der Waals surface area contributed by atoms with Crippen LogP contribution in [0.15, 0.2) is 58.6 Å². The molecule has 0 fully saturated rings. The molecular weight excluding hydrogens is 284 g/mol. The van der Waals surface area contributed by atoms with Crippen molar-refractivity contribution in [2.75, 3.05) is 11.6 Å². The summed E-state index contributed by atoms with van der Waals surface area (Å²) in [5.41, 5.74) is 2.65. The van der Waals surface area contributed by atoms with Gasteiger partial charge in [0.05, 0.1) is 5.71 Å². The summed E-state index contributed by atoms with van der Waals surface area (Å²) < 4.78 is 0. The van der Waals surface area contributed by atoms with E-state index in [2.05, 4.69) is 10.5 Å². The second-order valence-electron chi connectivity index (χ2n) is 4.45. The minimum absolute atomic E-state index is 0.150. The van der Waals surface area contributed by atoms with E-state index in [1.807, 2.05) is 18.4 Å². The summed E-state index contributed by atoms with van der Waals surface area (Å²) in [6.07, 6.45) is 1.99. The van der Waals surface area contributed by atoms with E-state index >= 15 is 0 Å². The number of rotatable bonds is 4. The summed E-state index contributed by atoms with van der Waals surface area (Å²) in [5.74, 6) is -0.150. The van der Waals surface area contributed by atoms with Gasteiger partial charge in [0.2, 0.25) is 0 Å². The van der Waals surface area contributed by atoms with Crippen LogP contribution in [0.4, 0.5) is 5.69 Å². The Labute approximate surface area is 127 Å². The van der Waals surface area contributed by atoms with Crippen LogP contribution < -0.4 is 5.32 Å². The lowest BCUT2D eigenvalue weighted by Crippen LogP contribution is -2.11. The molecule has 0 aliphatic carbocycles. The molecule has 0 unspecified atom stereocenters. The van der Waals surface area contributed by atoms with Crippen LogP contribution in [0.5, 0.6) is 0 Å². The monoisotopic (exact) mass is 300 g/mol. The first kappa shape index (κ1) is 15.1. The molecule has 5 heteroatoms. The summed E-state index contributed by atoms with van der Waals surface area (Å²) in [6, 6.07) is 14.6. The summed E-state index contributed by atoms with van der Waals surface area (Å²) in [6.45, 7) is 1.71. The molecule has 2 rings (SSSR count). The van der Waals surface area contributed by atoms with E-state index < -0.39 is 0 Å². The molecule has 0 bridgehead atoms. The Morgan fingerprint density at radius 3 is 2.14 bits per heavy atom. The molecule has 0 aliphatic heterocycles. The molecule has 0 heterocycles. The van der Waals surface area contributed by atoms with E-state index in [0.29, 0.717) is 17.0 Å². The Morgan fingerprint density at radius 1 is 1.05 bits per heavy atom. The lowest BCUT2D eigenvalue weighted by Gasteiger charge is -2.07. The highest BCUT2D eigenvalue weighted by Gasteiger charge is 2.06. The van der Waals surface area contributed by atoms with Crippen LogP contribution in [0.1, 0.15) is 22.8 Å². The number of hydrogen-bond donors (Lipinski definition) is 2. The second kappa shape index (κ2) is 6.95. The molecule has 108 valence electrons. The molecule has 0 saturated carbocycles. The van der Waals surface area contributed by atoms with Crippen LogP contribution in [0.25, 0.3) is 0 Å². The van der Waals surface area contributed by atoms with Gasteiger partial charge in [0.25, 0.3) is 5.91 Å². The third kappa shape index (κ3) is 3.86. The molecule has 1 amide bonds. The SMILES string of the molecule is CSc1ccc(C(=O)Nc2ccc(C(C)=NO)cc2)cc1. The van der Waals surface area contributed by atoms with Gasteiger partial charge < -0.3 is 10.5 Å². The van der Waals surface area contributed by atoms with Crippen LogP contribution in [0.3, 0.4) is 0 Å². The predicted molar refractivity (Wildman–Crippen MR) is 86.6 cm³/mol. The molecule has 0 spiro atoms. The predicted octanol–water partition coefficient (Wildman–Crippen LogP) is 3.86. The molecule has 2 aromatic rings. The average Bonchev–Trinajstić information content (AvgIpc) is 2.55. The first-order valence-electron chi connectivity index (χ1n) is 6.38. The van der Waals surface area contributed by atoms with Gasteiger partial charge in [-0.1, -0.05) is 17.3 Å². The molecule has 2 aromatic carbocycles. The number of anilines is 1. The Balaban J connectivity index is 2.08. The Bertz CT molecular complexity index is 649. The maximum atomic E-state index is 12.1. The standard InChI is InChI=1S/C16H16N2O2S/c1-11(18-20)12-3-7-14(8-4-12)17-16(19)13-5-9-15(21-2)10-6-13/h3-10,20H,1-2H3,(H,17,19). The van der Waals surface area contributed by atoms with E-state index in [1.54, 1.807) is 55.1 Å². The van der Waals surface area contributed by atoms with Gasteiger partial charge in [-0.2, -0.15) is 0 Å². The molecule has 2 N–H and O–H groups in total. The molecule has 0 atom stereocenters. The van der Waals surface area contributed by atoms with Gasteiger partial charge in [-0.15, -0.1) is 11.8 Å². The van der Waals surface area contributed by atoms with E-state index in [1.165, 1.54) is 0 Å². The maximum Gasteiger partial charge on any atom is 0.255 e. The maximum absolute atomic E-state index is 12.1. The van der Waals surface area contributed by atoms with Crippen molar-refractivity contribution in [1.29, 1.82) is 0 Å². The topological polar surface area (TPSA) is 61.7 Å². The van der Waals surface area contributed by atoms with Crippen LogP contribution in [0, 0.1) is 0 Å². The molecular formula is C16H16N2O2S. The first-order valence-corrected chi connectivity index (χ1v) is 7.61. The summed E-state index contributed by atoms with van der Waals surface area (Å²) >= 11 is 1.64. The third-order valence-corrected chi connectivity index (χ3v) is 3.81. The van der Waals surface area contributed by atoms with Crippen molar-refractivity contribution in [1.82, 2.24) is 0 Å². The van der Waals surface area contributed by atoms with Crippen molar-refractivity contribution in [2.45, 2.75) is 11.8 Å². The minimum atomic E-state index is -0.150. The van der Waals surface area contributed by atoms with Gasteiger partial charge in [-0.05, 0) is 55.1 Å². The second-order valence-corrected chi connectivity index (χ2v) is 5.33. The van der Waals surface area contributed by atoms with Crippen molar-refractivity contribution in [2.24, 2.45) is 5.16 Å². The molecule has 0 saturated heterocycles. The first-order chi connectivity index (χ1) is 10.1. The number of benzene rings is 2. The Morgan fingerprint density at radius 2 is 1.62 bits per heavy atom. The van der Waals surface area contributed by atoms with Crippen molar-refractivity contribution >= 4 is 29.1 Å². The molecule has 0 radical (unpaired) electrons.